The molecule has 0 saturated heterocycles. The van der Waals surface area contributed by atoms with E-state index in [1.54, 1.807) is 6.07 Å². The molecule has 15 heavy (non-hydrogen) atoms. The second-order valence-electron chi connectivity index (χ2n) is 4.50. The van der Waals surface area contributed by atoms with Crippen molar-refractivity contribution in [2.75, 3.05) is 0 Å². The first-order valence-electron chi connectivity index (χ1n) is 5.57. The van der Waals surface area contributed by atoms with Crippen LogP contribution in [-0.2, 0) is 0 Å². The third-order valence-corrected chi connectivity index (χ3v) is 4.06. The molecule has 1 atom stereocenters. The molecule has 1 aliphatic carbocycles. The van der Waals surface area contributed by atoms with Gasteiger partial charge in [0.25, 0.3) is 0 Å². The Morgan fingerprint density at radius 2 is 2.20 bits per heavy atom. The molecular formula is C13H16BrF. The van der Waals surface area contributed by atoms with E-state index in [1.807, 2.05) is 19.1 Å². The standard InChI is InChI=1S/C13H16BrF/c1-9-8-11(5-7-13(9)15)12(14)6-4-10-2-3-10/h5,7-8,10,12H,2-4,6H2,1H3. The number of benzene rings is 1. The fourth-order valence-electron chi connectivity index (χ4n) is 1.82. The van der Waals surface area contributed by atoms with Crippen molar-refractivity contribution in [3.8, 4) is 0 Å². The topological polar surface area (TPSA) is 0 Å². The molecule has 0 heterocycles. The van der Waals surface area contributed by atoms with Crippen molar-refractivity contribution >= 4 is 15.9 Å². The molecule has 1 aliphatic rings. The zero-order chi connectivity index (χ0) is 10.8. The maximum Gasteiger partial charge on any atom is 0.126 e. The Balaban J connectivity index is 1.97. The molecule has 0 N–H and O–H groups in total. The minimum Gasteiger partial charge on any atom is -0.207 e. The Morgan fingerprint density at radius 1 is 1.47 bits per heavy atom. The van der Waals surface area contributed by atoms with Crippen LogP contribution in [0.25, 0.3) is 0 Å². The highest BCUT2D eigenvalue weighted by Gasteiger charge is 2.22. The molecule has 82 valence electrons. The van der Waals surface area contributed by atoms with Crippen molar-refractivity contribution in [3.05, 3.63) is 35.1 Å². The normalized spacial score (nSPS) is 17.8. The predicted octanol–water partition coefficient (Wildman–Crippen LogP) is 4.76. The maximum absolute atomic E-state index is 13.1. The molecule has 0 spiro atoms. The highest BCUT2D eigenvalue weighted by molar-refractivity contribution is 9.09. The van der Waals surface area contributed by atoms with Crippen molar-refractivity contribution in [1.82, 2.24) is 0 Å². The summed E-state index contributed by atoms with van der Waals surface area (Å²) in [5, 5.41) is 0. The summed E-state index contributed by atoms with van der Waals surface area (Å²) in [5.74, 6) is 0.854. The molecule has 1 aromatic carbocycles. The van der Waals surface area contributed by atoms with Gasteiger partial charge in [0.05, 0.1) is 0 Å². The third kappa shape index (κ3) is 3.04. The molecule has 0 bridgehead atoms. The van der Waals surface area contributed by atoms with Crippen LogP contribution in [0.4, 0.5) is 4.39 Å². The zero-order valence-electron chi connectivity index (χ0n) is 8.97. The lowest BCUT2D eigenvalue weighted by molar-refractivity contribution is 0.615. The molecule has 2 rings (SSSR count). The van der Waals surface area contributed by atoms with Gasteiger partial charge < -0.3 is 0 Å². The molecule has 2 heteroatoms. The fourth-order valence-corrected chi connectivity index (χ4v) is 2.37. The molecule has 0 nitrogen and oxygen atoms in total. The van der Waals surface area contributed by atoms with Gasteiger partial charge in [-0.25, -0.2) is 4.39 Å². The van der Waals surface area contributed by atoms with Crippen LogP contribution in [0.15, 0.2) is 18.2 Å². The fraction of sp³-hybridized carbons (Fsp3) is 0.538. The van der Waals surface area contributed by atoms with E-state index in [0.717, 1.165) is 17.9 Å². The van der Waals surface area contributed by atoms with Gasteiger partial charge >= 0.3 is 0 Å². The highest BCUT2D eigenvalue weighted by Crippen LogP contribution is 2.38. The summed E-state index contributed by atoms with van der Waals surface area (Å²) in [7, 11) is 0. The molecule has 1 saturated carbocycles. The predicted molar refractivity (Wildman–Crippen MR) is 64.8 cm³/mol. The summed E-state index contributed by atoms with van der Waals surface area (Å²) in [4.78, 5) is 0.386. The van der Waals surface area contributed by atoms with E-state index < -0.39 is 0 Å². The Kier molecular flexibility index (Phi) is 3.45. The maximum atomic E-state index is 13.1. The summed E-state index contributed by atoms with van der Waals surface area (Å²) >= 11 is 3.68. The molecule has 1 unspecified atom stereocenters. The van der Waals surface area contributed by atoms with Crippen LogP contribution in [0.2, 0.25) is 0 Å². The summed E-state index contributed by atoms with van der Waals surface area (Å²) in [6, 6.07) is 5.40. The molecule has 0 aromatic heterocycles. The van der Waals surface area contributed by atoms with E-state index in [2.05, 4.69) is 15.9 Å². The molecule has 0 radical (unpaired) electrons. The summed E-state index contributed by atoms with van der Waals surface area (Å²) in [6.07, 6.45) is 5.27. The minimum atomic E-state index is -0.111. The lowest BCUT2D eigenvalue weighted by Gasteiger charge is -2.10. The number of rotatable bonds is 4. The molecule has 0 aliphatic heterocycles. The van der Waals surface area contributed by atoms with Crippen molar-refractivity contribution < 1.29 is 4.39 Å². The Bertz CT molecular complexity index is 344. The quantitative estimate of drug-likeness (QED) is 0.692. The molecule has 1 fully saturated rings. The van der Waals surface area contributed by atoms with Crippen molar-refractivity contribution in [3.63, 3.8) is 0 Å². The first-order chi connectivity index (χ1) is 7.16. The van der Waals surface area contributed by atoms with E-state index in [0.29, 0.717) is 4.83 Å². The molecular weight excluding hydrogens is 255 g/mol. The van der Waals surface area contributed by atoms with Gasteiger partial charge in [-0.05, 0) is 42.9 Å². The largest absolute Gasteiger partial charge is 0.207 e. The number of hydrogen-bond donors (Lipinski definition) is 0. The lowest BCUT2D eigenvalue weighted by Crippen LogP contribution is -1.93. The van der Waals surface area contributed by atoms with Gasteiger partial charge in [-0.2, -0.15) is 0 Å². The van der Waals surface area contributed by atoms with E-state index in [4.69, 9.17) is 0 Å². The second-order valence-corrected chi connectivity index (χ2v) is 5.60. The number of halogens is 2. The first kappa shape index (κ1) is 11.1. The SMILES string of the molecule is Cc1cc(C(Br)CCC2CC2)ccc1F. The Labute approximate surface area is 99.0 Å². The minimum absolute atomic E-state index is 0.111. The first-order valence-corrected chi connectivity index (χ1v) is 6.48. The van der Waals surface area contributed by atoms with Crippen molar-refractivity contribution in [2.24, 2.45) is 5.92 Å². The summed E-state index contributed by atoms with van der Waals surface area (Å²) in [6.45, 7) is 1.82. The van der Waals surface area contributed by atoms with E-state index in [1.165, 1.54) is 24.8 Å². The van der Waals surface area contributed by atoms with Crippen LogP contribution in [0.1, 0.15) is 41.6 Å². The van der Waals surface area contributed by atoms with Crippen molar-refractivity contribution in [1.29, 1.82) is 0 Å². The number of alkyl halides is 1. The van der Waals surface area contributed by atoms with Gasteiger partial charge in [-0.3, -0.25) is 0 Å². The van der Waals surface area contributed by atoms with E-state index in [9.17, 15) is 4.39 Å². The summed E-state index contributed by atoms with van der Waals surface area (Å²) in [5.41, 5.74) is 1.94. The van der Waals surface area contributed by atoms with Crippen LogP contribution in [0.3, 0.4) is 0 Å². The van der Waals surface area contributed by atoms with E-state index in [-0.39, 0.29) is 5.82 Å². The van der Waals surface area contributed by atoms with Crippen LogP contribution in [0.5, 0.6) is 0 Å². The summed E-state index contributed by atoms with van der Waals surface area (Å²) < 4.78 is 13.1. The van der Waals surface area contributed by atoms with Gasteiger partial charge in [-0.1, -0.05) is 40.9 Å². The van der Waals surface area contributed by atoms with Crippen LogP contribution in [-0.4, -0.2) is 0 Å². The van der Waals surface area contributed by atoms with Gasteiger partial charge in [0.2, 0.25) is 0 Å². The highest BCUT2D eigenvalue weighted by atomic mass is 79.9. The van der Waals surface area contributed by atoms with Crippen LogP contribution >= 0.6 is 15.9 Å². The van der Waals surface area contributed by atoms with Gasteiger partial charge in [0.1, 0.15) is 5.82 Å². The average Bonchev–Trinajstić information content (AvgIpc) is 3.02. The Hall–Kier alpha value is -0.370. The number of aryl methyl sites for hydroxylation is 1. The van der Waals surface area contributed by atoms with Gasteiger partial charge in [0, 0.05) is 4.83 Å². The van der Waals surface area contributed by atoms with E-state index >= 15 is 0 Å². The smallest absolute Gasteiger partial charge is 0.126 e. The van der Waals surface area contributed by atoms with Gasteiger partial charge in [-0.15, -0.1) is 0 Å². The molecule has 0 amide bonds. The second kappa shape index (κ2) is 4.65. The Morgan fingerprint density at radius 3 is 2.80 bits per heavy atom. The zero-order valence-corrected chi connectivity index (χ0v) is 10.6. The van der Waals surface area contributed by atoms with Gasteiger partial charge in [0.15, 0.2) is 0 Å². The third-order valence-electron chi connectivity index (χ3n) is 3.07. The molecule has 1 aromatic rings. The number of hydrogen-bond acceptors (Lipinski definition) is 0. The van der Waals surface area contributed by atoms with Crippen LogP contribution in [0, 0.1) is 18.7 Å². The average molecular weight is 271 g/mol. The van der Waals surface area contributed by atoms with Crippen molar-refractivity contribution in [2.45, 2.75) is 37.4 Å². The lowest BCUT2D eigenvalue weighted by atomic mass is 10.0. The monoisotopic (exact) mass is 270 g/mol. The van der Waals surface area contributed by atoms with Crippen LogP contribution < -0.4 is 0 Å².